The Bertz CT molecular complexity index is 968. The Kier molecular flexibility index (Phi) is 5.99. The molecule has 0 unspecified atom stereocenters. The lowest BCUT2D eigenvalue weighted by molar-refractivity contribution is 0.357. The molecule has 6 nitrogen and oxygen atoms in total. The summed E-state index contributed by atoms with van der Waals surface area (Å²) in [6, 6.07) is 8.31. The van der Waals surface area contributed by atoms with Gasteiger partial charge in [0.1, 0.15) is 4.90 Å². The molecule has 0 aliphatic heterocycles. The number of sulfonamides is 1. The van der Waals surface area contributed by atoms with Crippen LogP contribution in [0.4, 0.5) is 0 Å². The zero-order chi connectivity index (χ0) is 18.7. The largest absolute Gasteiger partial charge is 0.418 e. The zero-order valence-corrected chi connectivity index (χ0v) is 16.9. The van der Waals surface area contributed by atoms with Crippen molar-refractivity contribution in [2.75, 3.05) is 6.54 Å². The molecule has 0 bridgehead atoms. The molecular weight excluding hydrogens is 417 g/mol. The van der Waals surface area contributed by atoms with Crippen molar-refractivity contribution < 1.29 is 12.8 Å². The molecule has 26 heavy (non-hydrogen) atoms. The second-order valence-corrected chi connectivity index (χ2v) is 9.00. The molecule has 0 amide bonds. The molecule has 138 valence electrons. The van der Waals surface area contributed by atoms with Crippen molar-refractivity contribution in [2.45, 2.75) is 24.8 Å². The molecule has 0 aliphatic rings. The highest BCUT2D eigenvalue weighted by molar-refractivity contribution is 7.89. The van der Waals surface area contributed by atoms with E-state index >= 15 is 0 Å². The number of benzene rings is 1. The third kappa shape index (κ3) is 3.94. The fourth-order valence-electron chi connectivity index (χ4n) is 2.36. The summed E-state index contributed by atoms with van der Waals surface area (Å²) in [5.74, 6) is 0.563. The molecule has 2 heterocycles. The van der Waals surface area contributed by atoms with Gasteiger partial charge < -0.3 is 4.42 Å². The molecule has 0 saturated carbocycles. The fraction of sp³-hybridized carbons (Fsp3) is 0.250. The van der Waals surface area contributed by atoms with E-state index < -0.39 is 10.0 Å². The van der Waals surface area contributed by atoms with Gasteiger partial charge in [0.05, 0.1) is 21.5 Å². The molecule has 3 aromatic rings. The number of aromatic nitrogens is 2. The lowest BCUT2D eigenvalue weighted by Crippen LogP contribution is -2.32. The quantitative estimate of drug-likeness (QED) is 0.541. The molecule has 0 saturated heterocycles. The molecule has 0 radical (unpaired) electrons. The van der Waals surface area contributed by atoms with Gasteiger partial charge in [0, 0.05) is 6.54 Å². The zero-order valence-electron chi connectivity index (χ0n) is 13.7. The smallest absolute Gasteiger partial charge is 0.257 e. The van der Waals surface area contributed by atoms with Crippen LogP contribution < -0.4 is 0 Å². The van der Waals surface area contributed by atoms with E-state index in [2.05, 4.69) is 10.2 Å². The predicted molar refractivity (Wildman–Crippen MR) is 102 cm³/mol. The van der Waals surface area contributed by atoms with Gasteiger partial charge in [-0.25, -0.2) is 8.42 Å². The SMILES string of the molecule is CCCN(Cc1nnc(-c2cccs2)o1)S(=O)(=O)c1c(Cl)cccc1Cl. The van der Waals surface area contributed by atoms with Gasteiger partial charge in [0.25, 0.3) is 5.89 Å². The molecule has 1 aromatic carbocycles. The Morgan fingerprint density at radius 1 is 1.15 bits per heavy atom. The monoisotopic (exact) mass is 431 g/mol. The Morgan fingerprint density at radius 2 is 1.88 bits per heavy atom. The molecule has 10 heteroatoms. The lowest BCUT2D eigenvalue weighted by Gasteiger charge is -2.21. The number of rotatable bonds is 7. The molecule has 0 aliphatic carbocycles. The van der Waals surface area contributed by atoms with Crippen LogP contribution in [0.1, 0.15) is 19.2 Å². The molecule has 0 atom stereocenters. The standard InChI is InChI=1S/C16H15Cl2N3O3S2/c1-2-8-21(26(22,23)15-11(17)5-3-6-12(15)18)10-14-19-20-16(24-14)13-7-4-9-25-13/h3-7,9H,2,8,10H2,1H3. The number of thiophene rings is 1. The number of halogens is 2. The maximum atomic E-state index is 13.1. The summed E-state index contributed by atoms with van der Waals surface area (Å²) in [7, 11) is -3.92. The van der Waals surface area contributed by atoms with Crippen LogP contribution in [-0.2, 0) is 16.6 Å². The van der Waals surface area contributed by atoms with Gasteiger partial charge in [0.15, 0.2) is 0 Å². The van der Waals surface area contributed by atoms with Crippen molar-refractivity contribution in [3.8, 4) is 10.8 Å². The minimum absolute atomic E-state index is 0.0594. The highest BCUT2D eigenvalue weighted by Crippen LogP contribution is 2.32. The van der Waals surface area contributed by atoms with Gasteiger partial charge >= 0.3 is 0 Å². The molecule has 0 N–H and O–H groups in total. The van der Waals surface area contributed by atoms with Crippen molar-refractivity contribution in [1.29, 1.82) is 0 Å². The van der Waals surface area contributed by atoms with Crippen LogP contribution in [0.2, 0.25) is 10.0 Å². The summed E-state index contributed by atoms with van der Waals surface area (Å²) in [4.78, 5) is 0.706. The average Bonchev–Trinajstić information content (AvgIpc) is 3.25. The van der Waals surface area contributed by atoms with Gasteiger partial charge in [0.2, 0.25) is 15.9 Å². The van der Waals surface area contributed by atoms with Crippen LogP contribution in [0, 0.1) is 0 Å². The van der Waals surface area contributed by atoms with Crippen molar-refractivity contribution in [3.05, 3.63) is 51.6 Å². The number of nitrogens with zero attached hydrogens (tertiary/aromatic N) is 3. The summed E-state index contributed by atoms with van der Waals surface area (Å²) < 4.78 is 33.0. The first-order valence-electron chi connectivity index (χ1n) is 7.74. The number of hydrogen-bond acceptors (Lipinski definition) is 6. The topological polar surface area (TPSA) is 76.3 Å². The van der Waals surface area contributed by atoms with Gasteiger partial charge in [-0.05, 0) is 30.0 Å². The first-order chi connectivity index (χ1) is 12.4. The summed E-state index contributed by atoms with van der Waals surface area (Å²) in [6.07, 6.45) is 0.604. The second-order valence-electron chi connectivity index (χ2n) is 5.37. The van der Waals surface area contributed by atoms with Crippen LogP contribution in [0.3, 0.4) is 0 Å². The van der Waals surface area contributed by atoms with Crippen LogP contribution in [0.5, 0.6) is 0 Å². The minimum Gasteiger partial charge on any atom is -0.418 e. The van der Waals surface area contributed by atoms with E-state index in [4.69, 9.17) is 27.6 Å². The highest BCUT2D eigenvalue weighted by Gasteiger charge is 2.30. The normalized spacial score (nSPS) is 12.0. The van der Waals surface area contributed by atoms with Gasteiger partial charge in [-0.1, -0.05) is 42.3 Å². The van der Waals surface area contributed by atoms with Crippen molar-refractivity contribution in [2.24, 2.45) is 0 Å². The van der Waals surface area contributed by atoms with E-state index in [-0.39, 0.29) is 33.9 Å². The van der Waals surface area contributed by atoms with E-state index in [1.807, 2.05) is 24.4 Å². The fourth-order valence-corrected chi connectivity index (χ4v) is 5.58. The Hall–Kier alpha value is -1.45. The molecule has 0 spiro atoms. The third-order valence-electron chi connectivity index (χ3n) is 3.50. The minimum atomic E-state index is -3.92. The predicted octanol–water partition coefficient (Wildman–Crippen LogP) is 4.71. The van der Waals surface area contributed by atoms with Gasteiger partial charge in [-0.2, -0.15) is 4.31 Å². The Labute approximate surface area is 165 Å². The lowest BCUT2D eigenvalue weighted by atomic mass is 10.4. The van der Waals surface area contributed by atoms with Crippen molar-refractivity contribution in [3.63, 3.8) is 0 Å². The van der Waals surface area contributed by atoms with E-state index in [9.17, 15) is 8.42 Å². The highest BCUT2D eigenvalue weighted by atomic mass is 35.5. The van der Waals surface area contributed by atoms with Crippen LogP contribution in [-0.4, -0.2) is 29.5 Å². The molecule has 3 rings (SSSR count). The Morgan fingerprint density at radius 3 is 2.50 bits per heavy atom. The van der Waals surface area contributed by atoms with E-state index in [1.165, 1.54) is 27.8 Å². The summed E-state index contributed by atoms with van der Waals surface area (Å²) >= 11 is 13.6. The van der Waals surface area contributed by atoms with Crippen LogP contribution in [0.15, 0.2) is 45.0 Å². The van der Waals surface area contributed by atoms with Crippen molar-refractivity contribution in [1.82, 2.24) is 14.5 Å². The van der Waals surface area contributed by atoms with E-state index in [0.717, 1.165) is 4.88 Å². The van der Waals surface area contributed by atoms with Crippen LogP contribution in [0.25, 0.3) is 10.8 Å². The molecule has 2 aromatic heterocycles. The Balaban J connectivity index is 1.92. The van der Waals surface area contributed by atoms with Crippen LogP contribution >= 0.6 is 34.5 Å². The first kappa shape index (κ1) is 19.3. The number of hydrogen-bond donors (Lipinski definition) is 0. The van der Waals surface area contributed by atoms with Gasteiger partial charge in [-0.15, -0.1) is 21.5 Å². The third-order valence-corrected chi connectivity index (χ3v) is 7.16. The second kappa shape index (κ2) is 8.06. The molecule has 0 fully saturated rings. The summed E-state index contributed by atoms with van der Waals surface area (Å²) in [5.41, 5.74) is 0. The van der Waals surface area contributed by atoms with E-state index in [0.29, 0.717) is 12.3 Å². The summed E-state index contributed by atoms with van der Waals surface area (Å²) in [5, 5.41) is 9.99. The van der Waals surface area contributed by atoms with Crippen molar-refractivity contribution >= 4 is 44.6 Å². The molecular formula is C16H15Cl2N3O3S2. The maximum absolute atomic E-state index is 13.1. The van der Waals surface area contributed by atoms with Gasteiger partial charge in [-0.3, -0.25) is 0 Å². The average molecular weight is 432 g/mol. The maximum Gasteiger partial charge on any atom is 0.257 e. The van der Waals surface area contributed by atoms with E-state index in [1.54, 1.807) is 6.07 Å². The summed E-state index contributed by atoms with van der Waals surface area (Å²) in [6.45, 7) is 2.08. The first-order valence-corrected chi connectivity index (χ1v) is 10.8.